The van der Waals surface area contributed by atoms with Gasteiger partial charge in [-0.1, -0.05) is 60.1 Å². The number of nitrogens with one attached hydrogen (secondary N) is 1. The van der Waals surface area contributed by atoms with Crippen LogP contribution in [0.3, 0.4) is 0 Å². The Morgan fingerprint density at radius 3 is 2.48 bits per heavy atom. The highest BCUT2D eigenvalue weighted by Gasteiger charge is 2.10. The Labute approximate surface area is 166 Å². The zero-order chi connectivity index (χ0) is 18.6. The summed E-state index contributed by atoms with van der Waals surface area (Å²) >= 11 is 7.57. The highest BCUT2D eigenvalue weighted by Crippen LogP contribution is 2.30. The first kappa shape index (κ1) is 17.5. The van der Waals surface area contributed by atoms with Crippen molar-refractivity contribution in [1.29, 1.82) is 0 Å². The SMILES string of the molecule is O=C(Nc1cccc(-c2csc(-c3ccccc3)n2)c1)c1cccc(Cl)c1. The third-order valence-corrected chi connectivity index (χ3v) is 5.15. The van der Waals surface area contributed by atoms with E-state index in [0.717, 1.165) is 21.8 Å². The van der Waals surface area contributed by atoms with Crippen LogP contribution in [0.4, 0.5) is 5.69 Å². The first-order valence-corrected chi connectivity index (χ1v) is 9.63. The number of rotatable bonds is 4. The zero-order valence-electron chi connectivity index (χ0n) is 14.2. The minimum Gasteiger partial charge on any atom is -0.322 e. The highest BCUT2D eigenvalue weighted by molar-refractivity contribution is 7.13. The number of hydrogen-bond acceptors (Lipinski definition) is 3. The lowest BCUT2D eigenvalue weighted by molar-refractivity contribution is 0.102. The number of halogens is 1. The van der Waals surface area contributed by atoms with Crippen LogP contribution in [0.15, 0.2) is 84.2 Å². The number of carbonyl (C=O) groups excluding carboxylic acids is 1. The fourth-order valence-corrected chi connectivity index (χ4v) is 3.73. The van der Waals surface area contributed by atoms with Gasteiger partial charge in [-0.25, -0.2) is 4.98 Å². The topological polar surface area (TPSA) is 42.0 Å². The Morgan fingerprint density at radius 1 is 0.889 bits per heavy atom. The first-order chi connectivity index (χ1) is 13.2. The second-order valence-corrected chi connectivity index (χ2v) is 7.24. The third-order valence-electron chi connectivity index (χ3n) is 4.03. The van der Waals surface area contributed by atoms with Gasteiger partial charge in [0, 0.05) is 32.8 Å². The van der Waals surface area contributed by atoms with Gasteiger partial charge in [-0.3, -0.25) is 4.79 Å². The van der Waals surface area contributed by atoms with Gasteiger partial charge in [0.1, 0.15) is 5.01 Å². The van der Waals surface area contributed by atoms with Crippen molar-refractivity contribution in [2.45, 2.75) is 0 Å². The van der Waals surface area contributed by atoms with E-state index >= 15 is 0 Å². The monoisotopic (exact) mass is 390 g/mol. The molecule has 0 fully saturated rings. The summed E-state index contributed by atoms with van der Waals surface area (Å²) in [6.07, 6.45) is 0. The van der Waals surface area contributed by atoms with Crippen molar-refractivity contribution >= 4 is 34.5 Å². The zero-order valence-corrected chi connectivity index (χ0v) is 15.8. The molecule has 132 valence electrons. The molecular weight excluding hydrogens is 376 g/mol. The van der Waals surface area contributed by atoms with Crippen molar-refractivity contribution in [3.05, 3.63) is 94.8 Å². The summed E-state index contributed by atoms with van der Waals surface area (Å²) in [5.74, 6) is -0.196. The molecule has 3 nitrogen and oxygen atoms in total. The molecule has 0 radical (unpaired) electrons. The summed E-state index contributed by atoms with van der Waals surface area (Å²) in [6, 6.07) is 24.6. The molecule has 0 aliphatic rings. The van der Waals surface area contributed by atoms with Crippen molar-refractivity contribution < 1.29 is 4.79 Å². The van der Waals surface area contributed by atoms with Crippen LogP contribution in [0.2, 0.25) is 5.02 Å². The van der Waals surface area contributed by atoms with Crippen molar-refractivity contribution in [1.82, 2.24) is 4.98 Å². The maximum atomic E-state index is 12.4. The van der Waals surface area contributed by atoms with Gasteiger partial charge in [-0.15, -0.1) is 11.3 Å². The van der Waals surface area contributed by atoms with Gasteiger partial charge >= 0.3 is 0 Å². The fourth-order valence-electron chi connectivity index (χ4n) is 2.71. The van der Waals surface area contributed by atoms with E-state index in [1.54, 1.807) is 35.6 Å². The van der Waals surface area contributed by atoms with Crippen LogP contribution in [0, 0.1) is 0 Å². The number of carbonyl (C=O) groups is 1. The van der Waals surface area contributed by atoms with Crippen molar-refractivity contribution in [2.24, 2.45) is 0 Å². The van der Waals surface area contributed by atoms with Gasteiger partial charge in [0.25, 0.3) is 5.91 Å². The summed E-state index contributed by atoms with van der Waals surface area (Å²) in [6.45, 7) is 0. The van der Waals surface area contributed by atoms with Crippen LogP contribution in [-0.2, 0) is 0 Å². The van der Waals surface area contributed by atoms with Crippen molar-refractivity contribution in [3.8, 4) is 21.8 Å². The highest BCUT2D eigenvalue weighted by atomic mass is 35.5. The standard InChI is InChI=1S/C22H15ClN2OS/c23-18-10-4-9-17(12-18)21(26)24-19-11-5-8-16(13-19)20-14-27-22(25-20)15-6-2-1-3-7-15/h1-14H,(H,24,26). The maximum absolute atomic E-state index is 12.4. The minimum absolute atomic E-state index is 0.196. The number of hydrogen-bond donors (Lipinski definition) is 1. The molecule has 3 aromatic carbocycles. The lowest BCUT2D eigenvalue weighted by atomic mass is 10.1. The van der Waals surface area contributed by atoms with Crippen LogP contribution in [-0.4, -0.2) is 10.9 Å². The first-order valence-electron chi connectivity index (χ1n) is 8.37. The predicted octanol–water partition coefficient (Wildman–Crippen LogP) is 6.38. The lowest BCUT2D eigenvalue weighted by Crippen LogP contribution is -2.11. The minimum atomic E-state index is -0.196. The van der Waals surface area contributed by atoms with Crippen LogP contribution in [0.5, 0.6) is 0 Å². The largest absolute Gasteiger partial charge is 0.322 e. The number of amides is 1. The Kier molecular flexibility index (Phi) is 5.01. The molecule has 0 aliphatic carbocycles. The molecule has 4 aromatic rings. The Hall–Kier alpha value is -2.95. The maximum Gasteiger partial charge on any atom is 0.255 e. The van der Waals surface area contributed by atoms with Crippen molar-refractivity contribution in [3.63, 3.8) is 0 Å². The molecule has 0 saturated heterocycles. The molecule has 0 atom stereocenters. The van der Waals surface area contributed by atoms with Crippen LogP contribution in [0.25, 0.3) is 21.8 Å². The number of aromatic nitrogens is 1. The molecule has 5 heteroatoms. The summed E-state index contributed by atoms with van der Waals surface area (Å²) in [4.78, 5) is 17.1. The van der Waals surface area contributed by atoms with Gasteiger partial charge in [0.05, 0.1) is 5.69 Å². The normalized spacial score (nSPS) is 10.6. The number of anilines is 1. The second-order valence-electron chi connectivity index (χ2n) is 5.95. The molecule has 0 bridgehead atoms. The lowest BCUT2D eigenvalue weighted by Gasteiger charge is -2.07. The predicted molar refractivity (Wildman–Crippen MR) is 112 cm³/mol. The van der Waals surface area contributed by atoms with Gasteiger partial charge in [0.15, 0.2) is 0 Å². The van der Waals surface area contributed by atoms with E-state index in [1.807, 2.05) is 60.0 Å². The Balaban J connectivity index is 1.56. The van der Waals surface area contributed by atoms with Crippen LogP contribution >= 0.6 is 22.9 Å². The molecular formula is C22H15ClN2OS. The summed E-state index contributed by atoms with van der Waals surface area (Å²) in [7, 11) is 0. The van der Waals surface area contributed by atoms with E-state index < -0.39 is 0 Å². The van der Waals surface area contributed by atoms with E-state index in [-0.39, 0.29) is 5.91 Å². The molecule has 0 saturated carbocycles. The Bertz CT molecular complexity index is 1090. The second kappa shape index (κ2) is 7.74. The molecule has 1 aromatic heterocycles. The molecule has 4 rings (SSSR count). The van der Waals surface area contributed by atoms with Crippen LogP contribution < -0.4 is 5.32 Å². The Morgan fingerprint density at radius 2 is 1.67 bits per heavy atom. The summed E-state index contributed by atoms with van der Waals surface area (Å²) in [5.41, 5.74) is 4.17. The van der Waals surface area contributed by atoms with E-state index in [2.05, 4.69) is 5.32 Å². The number of benzene rings is 3. The average Bonchev–Trinajstić information content (AvgIpc) is 3.19. The third kappa shape index (κ3) is 4.08. The van der Waals surface area contributed by atoms with Gasteiger partial charge in [-0.05, 0) is 30.3 Å². The van der Waals surface area contributed by atoms with Gasteiger partial charge in [-0.2, -0.15) is 0 Å². The van der Waals surface area contributed by atoms with Gasteiger partial charge in [0.2, 0.25) is 0 Å². The van der Waals surface area contributed by atoms with E-state index in [9.17, 15) is 4.79 Å². The van der Waals surface area contributed by atoms with Crippen molar-refractivity contribution in [2.75, 3.05) is 5.32 Å². The molecule has 0 aliphatic heterocycles. The van der Waals surface area contributed by atoms with E-state index in [4.69, 9.17) is 16.6 Å². The average molecular weight is 391 g/mol. The molecule has 1 amide bonds. The van der Waals surface area contributed by atoms with Gasteiger partial charge < -0.3 is 5.32 Å². The van der Waals surface area contributed by atoms with Crippen LogP contribution in [0.1, 0.15) is 10.4 Å². The molecule has 1 N–H and O–H groups in total. The molecule has 1 heterocycles. The fraction of sp³-hybridized carbons (Fsp3) is 0. The number of nitrogens with zero attached hydrogens (tertiary/aromatic N) is 1. The number of thiazole rings is 1. The van der Waals surface area contributed by atoms with E-state index in [0.29, 0.717) is 16.3 Å². The van der Waals surface area contributed by atoms with E-state index in [1.165, 1.54) is 0 Å². The summed E-state index contributed by atoms with van der Waals surface area (Å²) in [5, 5.41) is 6.45. The molecule has 0 unspecified atom stereocenters. The smallest absolute Gasteiger partial charge is 0.255 e. The molecule has 27 heavy (non-hydrogen) atoms. The summed E-state index contributed by atoms with van der Waals surface area (Å²) < 4.78 is 0. The molecule has 0 spiro atoms. The quantitative estimate of drug-likeness (QED) is 0.439.